The van der Waals surface area contributed by atoms with E-state index in [9.17, 15) is 13.6 Å². The first kappa shape index (κ1) is 16.2. The van der Waals surface area contributed by atoms with Crippen molar-refractivity contribution >= 4 is 5.91 Å². The lowest BCUT2D eigenvalue weighted by molar-refractivity contribution is -0.0150. The van der Waals surface area contributed by atoms with Crippen LogP contribution in [-0.4, -0.2) is 76.5 Å². The van der Waals surface area contributed by atoms with E-state index in [0.29, 0.717) is 26.3 Å². The van der Waals surface area contributed by atoms with Crippen LogP contribution in [0.15, 0.2) is 18.6 Å². The van der Waals surface area contributed by atoms with E-state index in [1.807, 2.05) is 6.92 Å². The Labute approximate surface area is 133 Å². The number of alkyl halides is 2. The van der Waals surface area contributed by atoms with Crippen molar-refractivity contribution in [1.82, 2.24) is 19.8 Å². The number of likely N-dealkylation sites (tertiary alicyclic amines) is 2. The zero-order valence-corrected chi connectivity index (χ0v) is 13.0. The lowest BCUT2D eigenvalue weighted by Crippen LogP contribution is -2.62. The molecule has 23 heavy (non-hydrogen) atoms. The lowest BCUT2D eigenvalue weighted by atomic mass is 10.1. The van der Waals surface area contributed by atoms with E-state index in [1.54, 1.807) is 9.80 Å². The molecule has 1 unspecified atom stereocenters. The Balaban J connectivity index is 1.58. The fraction of sp³-hybridized carbons (Fsp3) is 0.667. The molecule has 2 aliphatic heterocycles. The number of halogens is 2. The molecule has 0 aromatic carbocycles. The molecule has 1 amide bonds. The highest BCUT2D eigenvalue weighted by Gasteiger charge is 2.50. The van der Waals surface area contributed by atoms with Gasteiger partial charge in [-0.15, -0.1) is 0 Å². The SMILES string of the molecule is CCOCC1CC(F)(F)CN1C1CN(C(=O)c2cnccn2)C1. The van der Waals surface area contributed by atoms with Gasteiger partial charge in [-0.1, -0.05) is 0 Å². The highest BCUT2D eigenvalue weighted by molar-refractivity contribution is 5.92. The number of hydrogen-bond acceptors (Lipinski definition) is 5. The maximum atomic E-state index is 13.7. The van der Waals surface area contributed by atoms with Gasteiger partial charge in [0.1, 0.15) is 5.69 Å². The number of nitrogens with zero attached hydrogens (tertiary/aromatic N) is 4. The van der Waals surface area contributed by atoms with Gasteiger partial charge in [0.05, 0.1) is 19.3 Å². The Kier molecular flexibility index (Phi) is 4.54. The summed E-state index contributed by atoms with van der Waals surface area (Å²) in [6, 6.07) is -0.335. The molecule has 0 N–H and O–H groups in total. The standard InChI is InChI=1S/C15H20F2N4O2/c1-2-23-9-11-5-15(16,17)10-21(11)12-7-20(8-12)14(22)13-6-18-3-4-19-13/h3-4,6,11-12H,2,5,7-10H2,1H3. The summed E-state index contributed by atoms with van der Waals surface area (Å²) in [5.41, 5.74) is 0.281. The molecule has 3 heterocycles. The molecule has 1 aromatic heterocycles. The Morgan fingerprint density at radius 3 is 2.87 bits per heavy atom. The van der Waals surface area contributed by atoms with Gasteiger partial charge in [0.25, 0.3) is 11.8 Å². The molecule has 1 atom stereocenters. The maximum Gasteiger partial charge on any atom is 0.274 e. The molecule has 8 heteroatoms. The predicted octanol–water partition coefficient (Wildman–Crippen LogP) is 1.05. The first-order valence-corrected chi connectivity index (χ1v) is 7.77. The number of hydrogen-bond donors (Lipinski definition) is 0. The minimum absolute atomic E-state index is 0.0468. The van der Waals surface area contributed by atoms with E-state index >= 15 is 0 Å². The van der Waals surface area contributed by atoms with Crippen LogP contribution in [0.4, 0.5) is 8.78 Å². The van der Waals surface area contributed by atoms with Crippen molar-refractivity contribution in [3.63, 3.8) is 0 Å². The van der Waals surface area contributed by atoms with Gasteiger partial charge >= 0.3 is 0 Å². The number of aromatic nitrogens is 2. The first-order valence-electron chi connectivity index (χ1n) is 7.77. The molecule has 2 saturated heterocycles. The van der Waals surface area contributed by atoms with Gasteiger partial charge in [0.2, 0.25) is 0 Å². The number of carbonyl (C=O) groups is 1. The quantitative estimate of drug-likeness (QED) is 0.809. The van der Waals surface area contributed by atoms with E-state index in [2.05, 4.69) is 9.97 Å². The Morgan fingerprint density at radius 1 is 1.43 bits per heavy atom. The molecular weight excluding hydrogens is 306 g/mol. The van der Waals surface area contributed by atoms with Gasteiger partial charge in [-0.25, -0.2) is 13.8 Å². The van der Waals surface area contributed by atoms with E-state index in [1.165, 1.54) is 18.6 Å². The second-order valence-electron chi connectivity index (χ2n) is 6.00. The van der Waals surface area contributed by atoms with Crippen LogP contribution in [0.3, 0.4) is 0 Å². The largest absolute Gasteiger partial charge is 0.380 e. The zero-order valence-electron chi connectivity index (χ0n) is 13.0. The third-order valence-electron chi connectivity index (χ3n) is 4.33. The Morgan fingerprint density at radius 2 is 2.22 bits per heavy atom. The average molecular weight is 326 g/mol. The maximum absolute atomic E-state index is 13.7. The third-order valence-corrected chi connectivity index (χ3v) is 4.33. The minimum Gasteiger partial charge on any atom is -0.380 e. The van der Waals surface area contributed by atoms with Crippen LogP contribution in [-0.2, 0) is 4.74 Å². The van der Waals surface area contributed by atoms with Crippen LogP contribution in [0.25, 0.3) is 0 Å². The van der Waals surface area contributed by atoms with Crippen molar-refractivity contribution in [2.75, 3.05) is 32.8 Å². The molecule has 0 aliphatic carbocycles. The van der Waals surface area contributed by atoms with Crippen LogP contribution in [0.2, 0.25) is 0 Å². The Hall–Kier alpha value is -1.67. The van der Waals surface area contributed by atoms with E-state index in [0.717, 1.165) is 0 Å². The van der Waals surface area contributed by atoms with Gasteiger partial charge in [-0.05, 0) is 6.92 Å². The van der Waals surface area contributed by atoms with Crippen LogP contribution in [0, 0.1) is 0 Å². The summed E-state index contributed by atoms with van der Waals surface area (Å²) in [6.45, 7) is 3.28. The minimum atomic E-state index is -2.68. The predicted molar refractivity (Wildman–Crippen MR) is 78.3 cm³/mol. The zero-order chi connectivity index (χ0) is 16.4. The molecule has 3 rings (SSSR count). The topological polar surface area (TPSA) is 58.6 Å². The smallest absolute Gasteiger partial charge is 0.274 e. The van der Waals surface area contributed by atoms with Crippen molar-refractivity contribution in [2.24, 2.45) is 0 Å². The number of rotatable bonds is 5. The van der Waals surface area contributed by atoms with Crippen molar-refractivity contribution < 1.29 is 18.3 Å². The molecule has 6 nitrogen and oxygen atoms in total. The molecule has 2 aliphatic rings. The van der Waals surface area contributed by atoms with Crippen LogP contribution in [0.5, 0.6) is 0 Å². The van der Waals surface area contributed by atoms with Gasteiger partial charge < -0.3 is 9.64 Å². The fourth-order valence-electron chi connectivity index (χ4n) is 3.16. The van der Waals surface area contributed by atoms with Gasteiger partial charge in [-0.3, -0.25) is 14.7 Å². The lowest BCUT2D eigenvalue weighted by Gasteiger charge is -2.45. The highest BCUT2D eigenvalue weighted by atomic mass is 19.3. The molecule has 0 radical (unpaired) electrons. The summed E-state index contributed by atoms with van der Waals surface area (Å²) >= 11 is 0. The molecule has 0 bridgehead atoms. The number of carbonyl (C=O) groups excluding carboxylic acids is 1. The second kappa shape index (κ2) is 6.45. The summed E-state index contributed by atoms with van der Waals surface area (Å²) in [7, 11) is 0. The van der Waals surface area contributed by atoms with E-state index in [-0.39, 0.29) is 36.7 Å². The first-order chi connectivity index (χ1) is 11.0. The summed E-state index contributed by atoms with van der Waals surface area (Å²) in [4.78, 5) is 23.4. The monoisotopic (exact) mass is 326 g/mol. The van der Waals surface area contributed by atoms with Crippen LogP contribution >= 0.6 is 0 Å². The van der Waals surface area contributed by atoms with Gasteiger partial charge in [0.15, 0.2) is 0 Å². The molecule has 126 valence electrons. The normalized spacial score (nSPS) is 24.7. The van der Waals surface area contributed by atoms with Gasteiger partial charge in [0, 0.05) is 50.6 Å². The van der Waals surface area contributed by atoms with Crippen molar-refractivity contribution in [3.05, 3.63) is 24.3 Å². The van der Waals surface area contributed by atoms with E-state index < -0.39 is 5.92 Å². The van der Waals surface area contributed by atoms with Crippen molar-refractivity contribution in [3.8, 4) is 0 Å². The molecule has 0 saturated carbocycles. The summed E-state index contributed by atoms with van der Waals surface area (Å²) in [6.07, 6.45) is 4.20. The number of ether oxygens (including phenoxy) is 1. The number of amides is 1. The van der Waals surface area contributed by atoms with Crippen LogP contribution in [0.1, 0.15) is 23.8 Å². The van der Waals surface area contributed by atoms with Crippen molar-refractivity contribution in [1.29, 1.82) is 0 Å². The summed E-state index contributed by atoms with van der Waals surface area (Å²) in [5, 5.41) is 0. The average Bonchev–Trinajstić information content (AvgIpc) is 2.79. The fourth-order valence-corrected chi connectivity index (χ4v) is 3.16. The highest BCUT2D eigenvalue weighted by Crippen LogP contribution is 2.35. The molecule has 1 aromatic rings. The molecule has 2 fully saturated rings. The van der Waals surface area contributed by atoms with Crippen molar-refractivity contribution in [2.45, 2.75) is 31.4 Å². The third kappa shape index (κ3) is 3.48. The molecule has 0 spiro atoms. The van der Waals surface area contributed by atoms with Crippen LogP contribution < -0.4 is 0 Å². The Bertz CT molecular complexity index is 552. The van der Waals surface area contributed by atoms with Gasteiger partial charge in [-0.2, -0.15) is 0 Å². The van der Waals surface area contributed by atoms with E-state index in [4.69, 9.17) is 4.74 Å². The summed E-state index contributed by atoms with van der Waals surface area (Å²) in [5.74, 6) is -2.89. The molecular formula is C15H20F2N4O2. The summed E-state index contributed by atoms with van der Waals surface area (Å²) < 4.78 is 32.8. The second-order valence-corrected chi connectivity index (χ2v) is 6.00.